The van der Waals surface area contributed by atoms with E-state index in [1.807, 2.05) is 13.8 Å². The second kappa shape index (κ2) is 6.62. The molecular weight excluding hydrogens is 312 g/mol. The Bertz CT molecular complexity index is 539. The number of carbonyl (C=O) groups excluding carboxylic acids is 2. The van der Waals surface area contributed by atoms with E-state index in [4.69, 9.17) is 0 Å². The average Bonchev–Trinajstić information content (AvgIpc) is 2.70. The molecule has 0 aromatic heterocycles. The van der Waals surface area contributed by atoms with Gasteiger partial charge in [0.1, 0.15) is 0 Å². The third-order valence-electron chi connectivity index (χ3n) is 6.31. The van der Waals surface area contributed by atoms with Crippen LogP contribution in [-0.2, 0) is 9.59 Å². The van der Waals surface area contributed by atoms with E-state index in [9.17, 15) is 9.59 Å². The average molecular weight is 344 g/mol. The van der Waals surface area contributed by atoms with Gasteiger partial charge in [0.2, 0.25) is 11.8 Å². The maximum atomic E-state index is 12.7. The molecule has 0 aromatic carbocycles. The van der Waals surface area contributed by atoms with Gasteiger partial charge in [-0.2, -0.15) is 0 Å². The summed E-state index contributed by atoms with van der Waals surface area (Å²) >= 11 is 0. The zero-order chi connectivity index (χ0) is 18.2. The molecule has 2 atom stereocenters. The molecule has 138 valence electrons. The van der Waals surface area contributed by atoms with Crippen molar-refractivity contribution in [2.24, 2.45) is 10.8 Å². The van der Waals surface area contributed by atoms with Gasteiger partial charge in [0.25, 0.3) is 0 Å². The number of amides is 2. The second-order valence-corrected chi connectivity index (χ2v) is 9.13. The lowest BCUT2D eigenvalue weighted by molar-refractivity contribution is -0.136. The summed E-state index contributed by atoms with van der Waals surface area (Å²) in [6, 6.07) is 0.0769. The maximum absolute atomic E-state index is 12.7. The molecule has 3 rings (SSSR count). The van der Waals surface area contributed by atoms with Crippen molar-refractivity contribution in [3.63, 3.8) is 0 Å². The quantitative estimate of drug-likeness (QED) is 0.604. The summed E-state index contributed by atoms with van der Waals surface area (Å²) in [6.07, 6.45) is 8.38. The summed E-state index contributed by atoms with van der Waals surface area (Å²) in [5.74, 6) is 0.239. The van der Waals surface area contributed by atoms with Crippen LogP contribution in [0.1, 0.15) is 71.6 Å². The van der Waals surface area contributed by atoms with E-state index < -0.39 is 0 Å². The van der Waals surface area contributed by atoms with Crippen LogP contribution in [0.25, 0.3) is 0 Å². The molecule has 3 aliphatic carbocycles. The van der Waals surface area contributed by atoms with E-state index >= 15 is 0 Å². The maximum Gasteiger partial charge on any atom is 0.226 e. The van der Waals surface area contributed by atoms with Gasteiger partial charge < -0.3 is 10.6 Å². The minimum Gasteiger partial charge on any atom is -0.351 e. The molecule has 0 aliphatic heterocycles. The van der Waals surface area contributed by atoms with Gasteiger partial charge in [-0.15, -0.1) is 0 Å². The molecule has 0 heterocycles. The van der Waals surface area contributed by atoms with Crippen LogP contribution in [0.2, 0.25) is 0 Å². The lowest BCUT2D eigenvalue weighted by atomic mass is 9.66. The van der Waals surface area contributed by atoms with E-state index in [-0.39, 0.29) is 34.7 Å². The number of hydrogen-bond acceptors (Lipinski definition) is 2. The van der Waals surface area contributed by atoms with E-state index in [1.165, 1.54) is 6.42 Å². The van der Waals surface area contributed by atoms with Gasteiger partial charge >= 0.3 is 0 Å². The number of rotatable bonds is 4. The van der Waals surface area contributed by atoms with Crippen LogP contribution in [0.15, 0.2) is 24.3 Å². The van der Waals surface area contributed by atoms with Gasteiger partial charge in [-0.3, -0.25) is 9.59 Å². The molecular formula is C21H32N2O2. The van der Waals surface area contributed by atoms with Gasteiger partial charge in [0.15, 0.2) is 0 Å². The van der Waals surface area contributed by atoms with Gasteiger partial charge in [-0.05, 0) is 38.5 Å². The molecule has 4 heteroatoms. The summed E-state index contributed by atoms with van der Waals surface area (Å²) in [5.41, 5.74) is 1.69. The van der Waals surface area contributed by atoms with Crippen LogP contribution in [0.3, 0.4) is 0 Å². The third-order valence-corrected chi connectivity index (χ3v) is 6.31. The highest BCUT2D eigenvalue weighted by atomic mass is 16.2. The highest BCUT2D eigenvalue weighted by molar-refractivity contribution is 5.86. The molecule has 0 radical (unpaired) electrons. The first-order valence-electron chi connectivity index (χ1n) is 9.67. The number of carbonyl (C=O) groups is 2. The molecule has 3 fully saturated rings. The van der Waals surface area contributed by atoms with Crippen LogP contribution in [0, 0.1) is 10.8 Å². The zero-order valence-electron chi connectivity index (χ0n) is 15.7. The first-order valence-corrected chi connectivity index (χ1v) is 9.67. The second-order valence-electron chi connectivity index (χ2n) is 9.13. The van der Waals surface area contributed by atoms with Crippen LogP contribution in [0.5, 0.6) is 0 Å². The van der Waals surface area contributed by atoms with Crippen molar-refractivity contribution in [1.82, 2.24) is 10.6 Å². The Balaban J connectivity index is 1.63. The molecule has 4 nitrogen and oxygen atoms in total. The molecule has 0 unspecified atom stereocenters. The van der Waals surface area contributed by atoms with Crippen LogP contribution < -0.4 is 10.6 Å². The Kier molecular flexibility index (Phi) is 4.82. The fraction of sp³-hybridized carbons (Fsp3) is 0.714. The van der Waals surface area contributed by atoms with Crippen molar-refractivity contribution in [2.45, 2.75) is 83.7 Å². The van der Waals surface area contributed by atoms with Crippen molar-refractivity contribution >= 4 is 11.8 Å². The van der Waals surface area contributed by atoms with Crippen LogP contribution in [0.4, 0.5) is 0 Å². The third kappa shape index (κ3) is 3.68. The minimum absolute atomic E-state index is 0.0384. The summed E-state index contributed by atoms with van der Waals surface area (Å²) < 4.78 is 0. The molecule has 3 saturated carbocycles. The summed E-state index contributed by atoms with van der Waals surface area (Å²) in [5, 5.41) is 6.52. The Morgan fingerprint density at radius 3 is 1.48 bits per heavy atom. The molecule has 2 amide bonds. The summed E-state index contributed by atoms with van der Waals surface area (Å²) in [4.78, 5) is 25.5. The number of hydrogen-bond donors (Lipinski definition) is 2. The summed E-state index contributed by atoms with van der Waals surface area (Å²) in [7, 11) is 0. The molecule has 3 aliphatic rings. The summed E-state index contributed by atoms with van der Waals surface area (Å²) in [6.45, 7) is 12.0. The fourth-order valence-electron chi connectivity index (χ4n) is 4.76. The van der Waals surface area contributed by atoms with E-state index in [0.717, 1.165) is 62.5 Å². The van der Waals surface area contributed by atoms with Gasteiger partial charge in [-0.25, -0.2) is 0 Å². The molecule has 0 saturated heterocycles. The fourth-order valence-corrected chi connectivity index (χ4v) is 4.76. The zero-order valence-corrected chi connectivity index (χ0v) is 15.7. The molecule has 0 spiro atoms. The first-order chi connectivity index (χ1) is 11.7. The highest BCUT2D eigenvalue weighted by Gasteiger charge is 2.45. The predicted molar refractivity (Wildman–Crippen MR) is 99.9 cm³/mol. The normalized spacial score (nSPS) is 30.5. The van der Waals surface area contributed by atoms with Crippen molar-refractivity contribution < 1.29 is 9.59 Å². The lowest BCUT2D eigenvalue weighted by Crippen LogP contribution is -2.57. The standard InChI is InChI=1S/C21H32N2O2/c1-14-10-20(3,11-14)18(24)22-16-8-6-5-7-9-17(16)23-19(25)21(4)12-15(2)13-21/h16-17H,1-2,5-13H2,3-4H3,(H,22,24)(H,23,25)/t16-,17+. The number of nitrogens with one attached hydrogen (secondary N) is 2. The van der Waals surface area contributed by atoms with Crippen LogP contribution >= 0.6 is 0 Å². The monoisotopic (exact) mass is 344 g/mol. The smallest absolute Gasteiger partial charge is 0.226 e. The largest absolute Gasteiger partial charge is 0.351 e. The van der Waals surface area contributed by atoms with Crippen molar-refractivity contribution in [2.75, 3.05) is 0 Å². The Morgan fingerprint density at radius 1 is 0.800 bits per heavy atom. The topological polar surface area (TPSA) is 58.2 Å². The van der Waals surface area contributed by atoms with Gasteiger partial charge in [-0.1, -0.05) is 57.4 Å². The van der Waals surface area contributed by atoms with Crippen molar-refractivity contribution in [3.8, 4) is 0 Å². The predicted octanol–water partition coefficient (Wildman–Crippen LogP) is 3.63. The Morgan fingerprint density at radius 2 is 1.16 bits per heavy atom. The van der Waals surface area contributed by atoms with E-state index in [2.05, 4.69) is 23.8 Å². The Hall–Kier alpha value is -1.58. The number of allylic oxidation sites excluding steroid dienone is 2. The molecule has 25 heavy (non-hydrogen) atoms. The Labute approximate surface area is 151 Å². The van der Waals surface area contributed by atoms with Crippen LogP contribution in [-0.4, -0.2) is 23.9 Å². The SMILES string of the molecule is C=C1CC(C)(C(=O)N[C@H]2CCCCC[C@H]2NC(=O)C2(C)CC(=C)C2)C1. The molecule has 0 aromatic rings. The van der Waals surface area contributed by atoms with E-state index in [0.29, 0.717) is 0 Å². The molecule has 2 N–H and O–H groups in total. The highest BCUT2D eigenvalue weighted by Crippen LogP contribution is 2.45. The van der Waals surface area contributed by atoms with Crippen molar-refractivity contribution in [1.29, 1.82) is 0 Å². The first kappa shape index (κ1) is 18.2. The van der Waals surface area contributed by atoms with E-state index in [1.54, 1.807) is 0 Å². The van der Waals surface area contributed by atoms with Gasteiger partial charge in [0.05, 0.1) is 10.8 Å². The van der Waals surface area contributed by atoms with Crippen molar-refractivity contribution in [3.05, 3.63) is 24.3 Å². The molecule has 0 bridgehead atoms. The lowest BCUT2D eigenvalue weighted by Gasteiger charge is -2.42. The minimum atomic E-state index is -0.310. The van der Waals surface area contributed by atoms with Gasteiger partial charge in [0, 0.05) is 12.1 Å².